The van der Waals surface area contributed by atoms with Gasteiger partial charge in [0.15, 0.2) is 0 Å². The molecule has 176 valence electrons. The number of amides is 2. The predicted molar refractivity (Wildman–Crippen MR) is 126 cm³/mol. The number of benzene rings is 2. The quantitative estimate of drug-likeness (QED) is 0.593. The zero-order valence-corrected chi connectivity index (χ0v) is 19.6. The van der Waals surface area contributed by atoms with Crippen molar-refractivity contribution in [2.24, 2.45) is 5.92 Å². The average Bonchev–Trinajstić information content (AvgIpc) is 3.10. The number of fused-ring (bicyclic) bond motifs is 3. The van der Waals surface area contributed by atoms with Gasteiger partial charge >= 0.3 is 12.1 Å². The molecule has 3 rings (SSSR count). The van der Waals surface area contributed by atoms with Crippen molar-refractivity contribution in [1.82, 2.24) is 10.2 Å². The Bertz CT molecular complexity index is 974. The Morgan fingerprint density at radius 2 is 1.58 bits per heavy atom. The topological polar surface area (TPSA) is 95.9 Å². The molecule has 7 nitrogen and oxygen atoms in total. The summed E-state index contributed by atoms with van der Waals surface area (Å²) >= 11 is 0. The fourth-order valence-electron chi connectivity index (χ4n) is 4.49. The van der Waals surface area contributed by atoms with Gasteiger partial charge < -0.3 is 20.1 Å². The number of aliphatic carboxylic acids is 1. The first-order chi connectivity index (χ1) is 15.7. The van der Waals surface area contributed by atoms with Crippen molar-refractivity contribution in [3.05, 3.63) is 59.7 Å². The lowest BCUT2D eigenvalue weighted by molar-refractivity contribution is -0.150. The van der Waals surface area contributed by atoms with E-state index in [4.69, 9.17) is 4.74 Å². The van der Waals surface area contributed by atoms with Gasteiger partial charge in [0.2, 0.25) is 5.91 Å². The van der Waals surface area contributed by atoms with Gasteiger partial charge in [0.1, 0.15) is 18.7 Å². The normalized spacial score (nSPS) is 14.2. The second kappa shape index (κ2) is 10.5. The number of carbonyl (C=O) groups is 3. The highest BCUT2D eigenvalue weighted by molar-refractivity contribution is 5.89. The van der Waals surface area contributed by atoms with E-state index in [0.717, 1.165) is 22.3 Å². The lowest BCUT2D eigenvalue weighted by Gasteiger charge is -2.29. The standard InChI is InChI=1S/C26H32N2O5/c1-5-23(25(30)31)28(4)24(29)22(14-16(2)3)27-26(32)33-15-21-19-12-8-6-10-17(19)18-11-7-9-13-20(18)21/h6-13,16,21-23H,5,14-15H2,1-4H3,(H,27,32)(H,30,31). The van der Waals surface area contributed by atoms with E-state index >= 15 is 0 Å². The van der Waals surface area contributed by atoms with E-state index in [9.17, 15) is 19.5 Å². The van der Waals surface area contributed by atoms with Gasteiger partial charge in [-0.05, 0) is 41.0 Å². The van der Waals surface area contributed by atoms with Crippen molar-refractivity contribution in [3.63, 3.8) is 0 Å². The average molecular weight is 453 g/mol. The molecule has 2 aromatic carbocycles. The van der Waals surface area contributed by atoms with Gasteiger partial charge in [-0.25, -0.2) is 9.59 Å². The minimum atomic E-state index is -1.07. The van der Waals surface area contributed by atoms with Gasteiger partial charge in [-0.2, -0.15) is 0 Å². The number of nitrogens with one attached hydrogen (secondary N) is 1. The number of carboxylic acids is 1. The van der Waals surface area contributed by atoms with Crippen molar-refractivity contribution in [1.29, 1.82) is 0 Å². The Morgan fingerprint density at radius 3 is 2.06 bits per heavy atom. The molecule has 2 unspecified atom stereocenters. The molecule has 0 aliphatic heterocycles. The van der Waals surface area contributed by atoms with Gasteiger partial charge in [-0.1, -0.05) is 69.3 Å². The Hall–Kier alpha value is -3.35. The first-order valence-electron chi connectivity index (χ1n) is 11.4. The third-order valence-corrected chi connectivity index (χ3v) is 6.13. The van der Waals surface area contributed by atoms with Crippen LogP contribution in [0.1, 0.15) is 50.7 Å². The van der Waals surface area contributed by atoms with Crippen molar-refractivity contribution in [2.45, 2.75) is 51.6 Å². The van der Waals surface area contributed by atoms with Gasteiger partial charge in [-0.3, -0.25) is 4.79 Å². The van der Waals surface area contributed by atoms with Crippen molar-refractivity contribution in [2.75, 3.05) is 13.7 Å². The second-order valence-corrected chi connectivity index (χ2v) is 8.86. The van der Waals surface area contributed by atoms with E-state index < -0.39 is 30.1 Å². The predicted octanol–water partition coefficient (Wildman–Crippen LogP) is 4.26. The number of ether oxygens (including phenoxy) is 1. The first kappa shape index (κ1) is 24.3. The molecular formula is C26H32N2O5. The van der Waals surface area contributed by atoms with E-state index in [-0.39, 0.29) is 24.9 Å². The molecule has 2 atom stereocenters. The summed E-state index contributed by atoms with van der Waals surface area (Å²) in [6, 6.07) is 14.3. The van der Waals surface area contributed by atoms with Crippen LogP contribution in [-0.2, 0) is 14.3 Å². The van der Waals surface area contributed by atoms with Crippen LogP contribution in [-0.4, -0.2) is 53.7 Å². The molecule has 0 heterocycles. The van der Waals surface area contributed by atoms with Crippen molar-refractivity contribution >= 4 is 18.0 Å². The van der Waals surface area contributed by atoms with E-state index in [1.54, 1.807) is 6.92 Å². The number of hydrogen-bond donors (Lipinski definition) is 2. The summed E-state index contributed by atoms with van der Waals surface area (Å²) in [6.45, 7) is 5.73. The molecule has 33 heavy (non-hydrogen) atoms. The molecule has 0 aromatic heterocycles. The molecule has 2 N–H and O–H groups in total. The fourth-order valence-corrected chi connectivity index (χ4v) is 4.49. The van der Waals surface area contributed by atoms with E-state index in [1.165, 1.54) is 11.9 Å². The van der Waals surface area contributed by atoms with Crippen LogP contribution in [0.5, 0.6) is 0 Å². The molecular weight excluding hydrogens is 420 g/mol. The van der Waals surface area contributed by atoms with E-state index in [0.29, 0.717) is 6.42 Å². The maximum Gasteiger partial charge on any atom is 0.407 e. The summed E-state index contributed by atoms with van der Waals surface area (Å²) in [5.41, 5.74) is 4.48. The van der Waals surface area contributed by atoms with Gasteiger partial charge in [0, 0.05) is 13.0 Å². The highest BCUT2D eigenvalue weighted by Crippen LogP contribution is 2.44. The van der Waals surface area contributed by atoms with Crippen LogP contribution in [0.2, 0.25) is 0 Å². The van der Waals surface area contributed by atoms with Crippen LogP contribution in [0.3, 0.4) is 0 Å². The third-order valence-electron chi connectivity index (χ3n) is 6.13. The number of alkyl carbamates (subject to hydrolysis) is 1. The summed E-state index contributed by atoms with van der Waals surface area (Å²) in [5.74, 6) is -1.48. The molecule has 7 heteroatoms. The fraction of sp³-hybridized carbons (Fsp3) is 0.423. The molecule has 0 spiro atoms. The smallest absolute Gasteiger partial charge is 0.407 e. The molecule has 2 aromatic rings. The molecule has 1 aliphatic carbocycles. The summed E-state index contributed by atoms with van der Waals surface area (Å²) in [5, 5.41) is 12.1. The number of hydrogen-bond acceptors (Lipinski definition) is 4. The van der Waals surface area contributed by atoms with Gasteiger partial charge in [-0.15, -0.1) is 0 Å². The van der Waals surface area contributed by atoms with Crippen LogP contribution < -0.4 is 5.32 Å². The Balaban J connectivity index is 1.70. The number of carbonyl (C=O) groups excluding carboxylic acids is 2. The van der Waals surface area contributed by atoms with Crippen LogP contribution in [0.15, 0.2) is 48.5 Å². The number of carboxylic acid groups (broad SMARTS) is 1. The highest BCUT2D eigenvalue weighted by Gasteiger charge is 2.33. The Labute approximate surface area is 194 Å². The Kier molecular flexibility index (Phi) is 7.74. The van der Waals surface area contributed by atoms with Crippen LogP contribution >= 0.6 is 0 Å². The Morgan fingerprint density at radius 1 is 1.03 bits per heavy atom. The summed E-state index contributed by atoms with van der Waals surface area (Å²) < 4.78 is 5.58. The molecule has 0 saturated carbocycles. The van der Waals surface area contributed by atoms with Crippen molar-refractivity contribution in [3.8, 4) is 11.1 Å². The number of nitrogens with zero attached hydrogens (tertiary/aromatic N) is 1. The van der Waals surface area contributed by atoms with Crippen LogP contribution in [0.4, 0.5) is 4.79 Å². The molecule has 0 saturated heterocycles. The SMILES string of the molecule is CCC(C(=O)O)N(C)C(=O)C(CC(C)C)NC(=O)OCC1c2ccccc2-c2ccccc21. The zero-order valence-electron chi connectivity index (χ0n) is 19.6. The zero-order chi connectivity index (χ0) is 24.1. The molecule has 1 aliphatic rings. The maximum absolute atomic E-state index is 13.0. The molecule has 0 radical (unpaired) electrons. The van der Waals surface area contributed by atoms with Crippen molar-refractivity contribution < 1.29 is 24.2 Å². The van der Waals surface area contributed by atoms with E-state index in [2.05, 4.69) is 17.4 Å². The number of likely N-dealkylation sites (N-methyl/N-ethyl adjacent to an activating group) is 1. The van der Waals surface area contributed by atoms with Crippen LogP contribution in [0, 0.1) is 5.92 Å². The third kappa shape index (κ3) is 5.35. The highest BCUT2D eigenvalue weighted by atomic mass is 16.5. The minimum Gasteiger partial charge on any atom is -0.480 e. The van der Waals surface area contributed by atoms with Gasteiger partial charge in [0.25, 0.3) is 0 Å². The van der Waals surface area contributed by atoms with E-state index in [1.807, 2.05) is 50.2 Å². The minimum absolute atomic E-state index is 0.0819. The largest absolute Gasteiger partial charge is 0.480 e. The second-order valence-electron chi connectivity index (χ2n) is 8.86. The number of rotatable bonds is 9. The lowest BCUT2D eigenvalue weighted by atomic mass is 9.98. The summed E-state index contributed by atoms with van der Waals surface area (Å²) in [7, 11) is 1.46. The first-order valence-corrected chi connectivity index (χ1v) is 11.4. The molecule has 2 amide bonds. The maximum atomic E-state index is 13.0. The summed E-state index contributed by atoms with van der Waals surface area (Å²) in [6.07, 6.45) is -0.0343. The summed E-state index contributed by atoms with van der Waals surface area (Å²) in [4.78, 5) is 38.4. The van der Waals surface area contributed by atoms with Crippen LogP contribution in [0.25, 0.3) is 11.1 Å². The monoisotopic (exact) mass is 452 g/mol. The molecule has 0 fully saturated rings. The van der Waals surface area contributed by atoms with Gasteiger partial charge in [0.05, 0.1) is 0 Å². The molecule has 0 bridgehead atoms. The lowest BCUT2D eigenvalue weighted by Crippen LogP contribution is -2.52.